The summed E-state index contributed by atoms with van der Waals surface area (Å²) >= 11 is 0. The summed E-state index contributed by atoms with van der Waals surface area (Å²) in [5.74, 6) is -0.946. The maximum absolute atomic E-state index is 12.5. The predicted molar refractivity (Wildman–Crippen MR) is 87.5 cm³/mol. The fraction of sp³-hybridized carbons (Fsp3) is 0.0556. The van der Waals surface area contributed by atoms with Crippen molar-refractivity contribution in [3.05, 3.63) is 65.7 Å². The quantitative estimate of drug-likeness (QED) is 0.684. The van der Waals surface area contributed by atoms with Gasteiger partial charge in [-0.25, -0.2) is 0 Å². The number of nitrogens with zero attached hydrogens (tertiary/aromatic N) is 2. The molecule has 0 aliphatic carbocycles. The van der Waals surface area contributed by atoms with Crippen LogP contribution in [0.4, 0.5) is 11.4 Å². The van der Waals surface area contributed by atoms with Gasteiger partial charge in [-0.1, -0.05) is 36.4 Å². The molecular formula is C18H13N3O2. The Morgan fingerprint density at radius 1 is 1.09 bits per heavy atom. The molecule has 0 saturated heterocycles. The lowest BCUT2D eigenvalue weighted by Crippen LogP contribution is -2.23. The molecule has 1 aliphatic rings. The maximum atomic E-state index is 12.5. The molecule has 0 fully saturated rings. The summed E-state index contributed by atoms with van der Waals surface area (Å²) in [6, 6.07) is 17.8. The van der Waals surface area contributed by atoms with Gasteiger partial charge in [-0.3, -0.25) is 9.59 Å². The number of rotatable bonds is 2. The Balaban J connectivity index is 2.06. The van der Waals surface area contributed by atoms with Gasteiger partial charge in [-0.15, -0.1) is 0 Å². The third-order valence-corrected chi connectivity index (χ3v) is 3.67. The molecule has 1 aliphatic heterocycles. The van der Waals surface area contributed by atoms with Gasteiger partial charge in [0.05, 0.1) is 11.3 Å². The second-order valence-electron chi connectivity index (χ2n) is 5.06. The Kier molecular flexibility index (Phi) is 3.65. The monoisotopic (exact) mass is 303 g/mol. The molecule has 2 aromatic carbocycles. The van der Waals surface area contributed by atoms with Gasteiger partial charge in [0.25, 0.3) is 11.8 Å². The van der Waals surface area contributed by atoms with E-state index in [0.717, 1.165) is 0 Å². The van der Waals surface area contributed by atoms with Gasteiger partial charge >= 0.3 is 0 Å². The number of carbonyl (C=O) groups is 2. The molecule has 0 spiro atoms. The minimum atomic E-state index is -0.591. The van der Waals surface area contributed by atoms with Crippen LogP contribution in [0.2, 0.25) is 0 Å². The smallest absolute Gasteiger partial charge is 0.267 e. The molecule has 0 unspecified atom stereocenters. The van der Waals surface area contributed by atoms with Crippen LogP contribution >= 0.6 is 0 Å². The first-order valence-corrected chi connectivity index (χ1v) is 7.01. The van der Waals surface area contributed by atoms with E-state index in [9.17, 15) is 14.9 Å². The third kappa shape index (κ3) is 2.47. The van der Waals surface area contributed by atoms with Crippen LogP contribution < -0.4 is 10.2 Å². The number of fused-ring (bicyclic) bond motifs is 1. The molecular weight excluding hydrogens is 290 g/mol. The first-order valence-electron chi connectivity index (χ1n) is 7.01. The lowest BCUT2D eigenvalue weighted by molar-refractivity contribution is -0.114. The Bertz CT molecular complexity index is 863. The van der Waals surface area contributed by atoms with Crippen LogP contribution in [0.3, 0.4) is 0 Å². The van der Waals surface area contributed by atoms with E-state index in [1.165, 1.54) is 4.90 Å². The third-order valence-electron chi connectivity index (χ3n) is 3.67. The van der Waals surface area contributed by atoms with E-state index >= 15 is 0 Å². The van der Waals surface area contributed by atoms with Gasteiger partial charge in [0.2, 0.25) is 0 Å². The number of hydrogen-bond donors (Lipinski definition) is 1. The summed E-state index contributed by atoms with van der Waals surface area (Å²) in [6.45, 7) is 0. The van der Waals surface area contributed by atoms with Crippen LogP contribution in [0, 0.1) is 11.3 Å². The molecule has 0 radical (unpaired) electrons. The van der Waals surface area contributed by atoms with Crippen molar-refractivity contribution >= 4 is 28.8 Å². The van der Waals surface area contributed by atoms with Crippen LogP contribution in [-0.4, -0.2) is 18.9 Å². The van der Waals surface area contributed by atoms with E-state index in [-0.39, 0.29) is 17.1 Å². The minimum Gasteiger partial charge on any atom is -0.321 e. The molecule has 3 rings (SSSR count). The summed E-state index contributed by atoms with van der Waals surface area (Å²) in [4.78, 5) is 26.3. The van der Waals surface area contributed by atoms with Crippen molar-refractivity contribution in [1.82, 2.24) is 0 Å². The Hall–Kier alpha value is -3.39. The highest BCUT2D eigenvalue weighted by atomic mass is 16.2. The number of nitrogens with one attached hydrogen (secondary N) is 1. The van der Waals surface area contributed by atoms with Gasteiger partial charge < -0.3 is 10.2 Å². The van der Waals surface area contributed by atoms with Gasteiger partial charge in [0.15, 0.2) is 0 Å². The molecule has 1 heterocycles. The zero-order chi connectivity index (χ0) is 16.4. The summed E-state index contributed by atoms with van der Waals surface area (Å²) < 4.78 is 0. The number of benzene rings is 2. The molecule has 23 heavy (non-hydrogen) atoms. The van der Waals surface area contributed by atoms with Crippen molar-refractivity contribution in [3.8, 4) is 6.07 Å². The number of nitriles is 1. The number of hydrogen-bond acceptors (Lipinski definition) is 3. The standard InChI is InChI=1S/C18H13N3O2/c1-21-15-10-6-5-9-13(15)16(18(21)23)14(11-19)17(22)20-12-7-3-2-4-8-12/h2-10H,1H3,(H,20,22)/b16-14-. The second kappa shape index (κ2) is 5.78. The zero-order valence-corrected chi connectivity index (χ0v) is 12.4. The van der Waals surface area contributed by atoms with E-state index in [1.54, 1.807) is 49.5 Å². The minimum absolute atomic E-state index is 0.138. The zero-order valence-electron chi connectivity index (χ0n) is 12.4. The van der Waals surface area contributed by atoms with Crippen LogP contribution in [0.5, 0.6) is 0 Å². The highest BCUT2D eigenvalue weighted by Gasteiger charge is 2.34. The summed E-state index contributed by atoms with van der Waals surface area (Å²) in [5.41, 5.74) is 1.81. The number of anilines is 2. The maximum Gasteiger partial charge on any atom is 0.267 e. The Labute approximate surface area is 133 Å². The van der Waals surface area contributed by atoms with Crippen molar-refractivity contribution < 1.29 is 9.59 Å². The first-order chi connectivity index (χ1) is 11.1. The van der Waals surface area contributed by atoms with E-state index in [1.807, 2.05) is 18.2 Å². The fourth-order valence-corrected chi connectivity index (χ4v) is 2.55. The van der Waals surface area contributed by atoms with Gasteiger partial charge in [0, 0.05) is 18.3 Å². The van der Waals surface area contributed by atoms with E-state index < -0.39 is 5.91 Å². The van der Waals surface area contributed by atoms with Crippen molar-refractivity contribution in [1.29, 1.82) is 5.26 Å². The molecule has 2 amide bonds. The Morgan fingerprint density at radius 2 is 1.74 bits per heavy atom. The number of para-hydroxylation sites is 2. The highest BCUT2D eigenvalue weighted by molar-refractivity contribution is 6.37. The SMILES string of the molecule is CN1C(=O)/C(=C(/C#N)C(=O)Nc2ccccc2)c2ccccc21. The topological polar surface area (TPSA) is 73.2 Å². The summed E-state index contributed by atoms with van der Waals surface area (Å²) in [7, 11) is 1.62. The fourth-order valence-electron chi connectivity index (χ4n) is 2.55. The Morgan fingerprint density at radius 3 is 2.43 bits per heavy atom. The van der Waals surface area contributed by atoms with E-state index in [4.69, 9.17) is 0 Å². The number of likely N-dealkylation sites (N-methyl/N-ethyl adjacent to an activating group) is 1. The molecule has 5 heteroatoms. The van der Waals surface area contributed by atoms with Crippen molar-refractivity contribution in [2.75, 3.05) is 17.3 Å². The van der Waals surface area contributed by atoms with E-state index in [2.05, 4.69) is 5.32 Å². The average molecular weight is 303 g/mol. The van der Waals surface area contributed by atoms with Gasteiger partial charge in [0.1, 0.15) is 11.6 Å². The van der Waals surface area contributed by atoms with Gasteiger partial charge in [-0.2, -0.15) is 5.26 Å². The number of amides is 2. The lowest BCUT2D eigenvalue weighted by Gasteiger charge is -2.08. The molecule has 5 nitrogen and oxygen atoms in total. The van der Waals surface area contributed by atoms with Crippen molar-refractivity contribution in [2.24, 2.45) is 0 Å². The molecule has 0 bridgehead atoms. The van der Waals surface area contributed by atoms with Gasteiger partial charge in [-0.05, 0) is 18.2 Å². The lowest BCUT2D eigenvalue weighted by atomic mass is 10.0. The second-order valence-corrected chi connectivity index (χ2v) is 5.06. The van der Waals surface area contributed by atoms with Crippen LogP contribution in [0.25, 0.3) is 5.57 Å². The molecule has 2 aromatic rings. The van der Waals surface area contributed by atoms with Crippen LogP contribution in [-0.2, 0) is 9.59 Å². The largest absolute Gasteiger partial charge is 0.321 e. The van der Waals surface area contributed by atoms with Crippen molar-refractivity contribution in [3.63, 3.8) is 0 Å². The normalized spacial score (nSPS) is 15.0. The molecule has 0 atom stereocenters. The molecule has 0 saturated carbocycles. The first kappa shape index (κ1) is 14.5. The van der Waals surface area contributed by atoms with Crippen LogP contribution in [0.15, 0.2) is 60.2 Å². The summed E-state index contributed by atoms with van der Waals surface area (Å²) in [5, 5.41) is 12.1. The molecule has 0 aromatic heterocycles. The highest BCUT2D eigenvalue weighted by Crippen LogP contribution is 2.37. The van der Waals surface area contributed by atoms with Crippen LogP contribution in [0.1, 0.15) is 5.56 Å². The molecule has 1 N–H and O–H groups in total. The number of carbonyl (C=O) groups excluding carboxylic acids is 2. The predicted octanol–water partition coefficient (Wildman–Crippen LogP) is 2.58. The average Bonchev–Trinajstić information content (AvgIpc) is 2.82. The summed E-state index contributed by atoms with van der Waals surface area (Å²) in [6.07, 6.45) is 0. The van der Waals surface area contributed by atoms with Crippen molar-refractivity contribution in [2.45, 2.75) is 0 Å². The van der Waals surface area contributed by atoms with E-state index in [0.29, 0.717) is 16.9 Å². The molecule has 112 valence electrons.